The topological polar surface area (TPSA) is 46.5 Å². The highest BCUT2D eigenvalue weighted by molar-refractivity contribution is 5.66. The quantitative estimate of drug-likeness (QED) is 0.359. The number of fused-ring (bicyclic) bond motifs is 5. The number of esters is 1. The van der Waals surface area contributed by atoms with Gasteiger partial charge in [0.25, 0.3) is 0 Å². The molecule has 4 aliphatic rings. The van der Waals surface area contributed by atoms with E-state index in [1.54, 1.807) is 5.57 Å². The molecule has 0 bridgehead atoms. The fourth-order valence-corrected chi connectivity index (χ4v) is 8.49. The van der Waals surface area contributed by atoms with Gasteiger partial charge in [0.2, 0.25) is 0 Å². The van der Waals surface area contributed by atoms with Crippen LogP contribution in [0.2, 0.25) is 0 Å². The summed E-state index contributed by atoms with van der Waals surface area (Å²) < 4.78 is 5.57. The van der Waals surface area contributed by atoms with E-state index in [2.05, 4.69) is 59.8 Å². The molecule has 3 heteroatoms. The van der Waals surface area contributed by atoms with E-state index < -0.39 is 6.10 Å². The summed E-state index contributed by atoms with van der Waals surface area (Å²) in [5.74, 6) is 3.84. The van der Waals surface area contributed by atoms with Crippen molar-refractivity contribution >= 4 is 5.97 Å². The Labute approximate surface area is 202 Å². The van der Waals surface area contributed by atoms with Gasteiger partial charge in [0, 0.05) is 6.92 Å². The van der Waals surface area contributed by atoms with Gasteiger partial charge in [-0.1, -0.05) is 65.3 Å². The number of allylic oxidation sites excluding steroid dienone is 3. The number of hydrogen-bond donors (Lipinski definition) is 1. The standard InChI is InChI=1S/C30H48O3/c1-18(2)19(3)8-9-20(4)24-10-11-25-23-17-28(32)27-16-22(33-21(5)31)12-14-30(27,7)26(23)13-15-29(24,25)6/h8-9,17-20,22,24-28,32H,10-16H2,1-7H3/b9-8+/t19-,20+,22-,24+,25-,26-,27?,28-,29+,30+/m0/s1. The molecule has 0 radical (unpaired) electrons. The van der Waals surface area contributed by atoms with E-state index in [0.29, 0.717) is 35.0 Å². The summed E-state index contributed by atoms with van der Waals surface area (Å²) in [6.07, 6.45) is 14.7. The summed E-state index contributed by atoms with van der Waals surface area (Å²) in [5.41, 5.74) is 2.04. The largest absolute Gasteiger partial charge is 0.463 e. The van der Waals surface area contributed by atoms with Crippen molar-refractivity contribution in [2.75, 3.05) is 0 Å². The van der Waals surface area contributed by atoms with Gasteiger partial charge in [-0.15, -0.1) is 0 Å². The SMILES string of the molecule is CC(=O)O[C@H]1CC[C@@]2(C)C(C1)[C@@H](O)C=C1[C@@H]3CC[C@H]([C@H](C)/C=C/[C@H](C)C(C)C)[C@@]3(C)CC[C@@H]12. The van der Waals surface area contributed by atoms with E-state index in [1.807, 2.05) is 0 Å². The predicted octanol–water partition coefficient (Wildman–Crippen LogP) is 6.95. The Kier molecular flexibility index (Phi) is 6.95. The lowest BCUT2D eigenvalue weighted by molar-refractivity contribution is -0.155. The highest BCUT2D eigenvalue weighted by Gasteiger charge is 2.59. The van der Waals surface area contributed by atoms with Crippen LogP contribution >= 0.6 is 0 Å². The lowest BCUT2D eigenvalue weighted by atomic mass is 9.47. The van der Waals surface area contributed by atoms with E-state index in [0.717, 1.165) is 25.2 Å². The number of rotatable bonds is 5. The maximum absolute atomic E-state index is 11.5. The van der Waals surface area contributed by atoms with Crippen LogP contribution in [0.1, 0.15) is 93.4 Å². The first-order chi connectivity index (χ1) is 15.5. The van der Waals surface area contributed by atoms with Crippen LogP contribution in [-0.2, 0) is 9.53 Å². The smallest absolute Gasteiger partial charge is 0.302 e. The van der Waals surface area contributed by atoms with Crippen LogP contribution in [0.25, 0.3) is 0 Å². The second kappa shape index (κ2) is 9.17. The molecule has 1 N–H and O–H groups in total. The molecule has 0 amide bonds. The number of ether oxygens (including phenoxy) is 1. The van der Waals surface area contributed by atoms with Gasteiger partial charge >= 0.3 is 5.97 Å². The first-order valence-electron chi connectivity index (χ1n) is 13.7. The summed E-state index contributed by atoms with van der Waals surface area (Å²) in [7, 11) is 0. The third kappa shape index (κ3) is 4.37. The molecule has 0 spiro atoms. The van der Waals surface area contributed by atoms with Crippen LogP contribution in [0.3, 0.4) is 0 Å². The van der Waals surface area contributed by atoms with Crippen molar-refractivity contribution in [2.45, 2.75) is 106 Å². The zero-order valence-electron chi connectivity index (χ0n) is 22.1. The number of carbonyl (C=O) groups is 1. The van der Waals surface area contributed by atoms with Crippen molar-refractivity contribution < 1.29 is 14.6 Å². The van der Waals surface area contributed by atoms with Gasteiger partial charge in [-0.2, -0.15) is 0 Å². The van der Waals surface area contributed by atoms with Crippen molar-refractivity contribution in [3.05, 3.63) is 23.8 Å². The monoisotopic (exact) mass is 456 g/mol. The highest BCUT2D eigenvalue weighted by Crippen LogP contribution is 2.66. The van der Waals surface area contributed by atoms with Crippen molar-refractivity contribution in [3.63, 3.8) is 0 Å². The number of carbonyl (C=O) groups excluding carboxylic acids is 1. The first kappa shape index (κ1) is 25.0. The molecule has 10 atom stereocenters. The van der Waals surface area contributed by atoms with Crippen molar-refractivity contribution in [1.29, 1.82) is 0 Å². The summed E-state index contributed by atoms with van der Waals surface area (Å²) in [4.78, 5) is 11.5. The maximum atomic E-state index is 11.5. The molecular formula is C30H48O3. The fraction of sp³-hybridized carbons (Fsp3) is 0.833. The first-order valence-corrected chi connectivity index (χ1v) is 13.7. The number of hydrogen-bond acceptors (Lipinski definition) is 3. The normalized spacial score (nSPS) is 44.6. The van der Waals surface area contributed by atoms with Gasteiger partial charge in [-0.3, -0.25) is 4.79 Å². The second-order valence-electron chi connectivity index (χ2n) is 13.0. The number of aliphatic hydroxyl groups is 1. The Bertz CT molecular complexity index is 796. The Hall–Kier alpha value is -1.09. The predicted molar refractivity (Wildman–Crippen MR) is 134 cm³/mol. The minimum absolute atomic E-state index is 0.0317. The van der Waals surface area contributed by atoms with Gasteiger partial charge in [0.15, 0.2) is 0 Å². The molecule has 3 nitrogen and oxygen atoms in total. The summed E-state index contributed by atoms with van der Waals surface area (Å²) in [6, 6.07) is 0. The van der Waals surface area contributed by atoms with E-state index in [-0.39, 0.29) is 23.4 Å². The van der Waals surface area contributed by atoms with Crippen LogP contribution in [0, 0.1) is 52.3 Å². The van der Waals surface area contributed by atoms with Gasteiger partial charge in [0.1, 0.15) is 6.10 Å². The van der Waals surface area contributed by atoms with Crippen molar-refractivity contribution in [3.8, 4) is 0 Å². The third-order valence-corrected chi connectivity index (χ3v) is 10.9. The minimum Gasteiger partial charge on any atom is -0.463 e. The van der Waals surface area contributed by atoms with Gasteiger partial charge in [-0.25, -0.2) is 0 Å². The van der Waals surface area contributed by atoms with Crippen LogP contribution in [0.15, 0.2) is 23.8 Å². The molecule has 0 aromatic carbocycles. The Balaban J connectivity index is 1.55. The molecule has 1 unspecified atom stereocenters. The molecular weight excluding hydrogens is 408 g/mol. The minimum atomic E-state index is -0.412. The zero-order valence-corrected chi connectivity index (χ0v) is 22.1. The Morgan fingerprint density at radius 2 is 1.70 bits per heavy atom. The molecule has 0 aromatic heterocycles. The van der Waals surface area contributed by atoms with Gasteiger partial charge < -0.3 is 9.84 Å². The average molecular weight is 457 g/mol. The van der Waals surface area contributed by atoms with E-state index >= 15 is 0 Å². The molecule has 0 aliphatic heterocycles. The van der Waals surface area contributed by atoms with Crippen LogP contribution in [0.4, 0.5) is 0 Å². The lowest BCUT2D eigenvalue weighted by Crippen LogP contribution is -2.54. The zero-order chi connectivity index (χ0) is 24.1. The summed E-state index contributed by atoms with van der Waals surface area (Å²) in [6.45, 7) is 15.9. The molecule has 0 saturated heterocycles. The van der Waals surface area contributed by atoms with Crippen LogP contribution < -0.4 is 0 Å². The van der Waals surface area contributed by atoms with Gasteiger partial charge in [-0.05, 0) is 97.2 Å². The highest BCUT2D eigenvalue weighted by atomic mass is 16.5. The van der Waals surface area contributed by atoms with Crippen molar-refractivity contribution in [2.24, 2.45) is 52.3 Å². The Morgan fingerprint density at radius 3 is 2.36 bits per heavy atom. The third-order valence-electron chi connectivity index (χ3n) is 10.9. The molecule has 0 heterocycles. The molecule has 186 valence electrons. The second-order valence-corrected chi connectivity index (χ2v) is 13.0. The molecule has 3 saturated carbocycles. The fourth-order valence-electron chi connectivity index (χ4n) is 8.49. The van der Waals surface area contributed by atoms with Gasteiger partial charge in [0.05, 0.1) is 6.10 Å². The lowest BCUT2D eigenvalue weighted by Gasteiger charge is -2.58. The summed E-state index contributed by atoms with van der Waals surface area (Å²) in [5, 5.41) is 11.3. The van der Waals surface area contributed by atoms with E-state index in [1.165, 1.54) is 32.6 Å². The molecule has 4 rings (SSSR count). The summed E-state index contributed by atoms with van der Waals surface area (Å²) >= 11 is 0. The molecule has 3 fully saturated rings. The van der Waals surface area contributed by atoms with Crippen molar-refractivity contribution in [1.82, 2.24) is 0 Å². The average Bonchev–Trinajstić information content (AvgIpc) is 3.10. The molecule has 33 heavy (non-hydrogen) atoms. The van der Waals surface area contributed by atoms with Crippen LogP contribution in [-0.4, -0.2) is 23.3 Å². The maximum Gasteiger partial charge on any atom is 0.302 e. The molecule has 4 aliphatic carbocycles. The van der Waals surface area contributed by atoms with E-state index in [9.17, 15) is 9.90 Å². The Morgan fingerprint density at radius 1 is 1.03 bits per heavy atom. The number of aliphatic hydroxyl groups excluding tert-OH is 1. The molecule has 0 aromatic rings. The van der Waals surface area contributed by atoms with Crippen LogP contribution in [0.5, 0.6) is 0 Å². The van der Waals surface area contributed by atoms with E-state index in [4.69, 9.17) is 4.74 Å².